The third kappa shape index (κ3) is 3.80. The van der Waals surface area contributed by atoms with Crippen molar-refractivity contribution in [1.82, 2.24) is 9.88 Å². The van der Waals surface area contributed by atoms with Gasteiger partial charge in [0, 0.05) is 43.7 Å². The van der Waals surface area contributed by atoms with Gasteiger partial charge in [-0.1, -0.05) is 31.5 Å². The normalized spacial score (nSPS) is 15.0. The van der Waals surface area contributed by atoms with Crippen molar-refractivity contribution in [2.45, 2.75) is 32.6 Å². The van der Waals surface area contributed by atoms with Gasteiger partial charge in [0.15, 0.2) is 0 Å². The van der Waals surface area contributed by atoms with Crippen LogP contribution in [0.4, 0.5) is 5.69 Å². The number of amides is 1. The van der Waals surface area contributed by atoms with Crippen molar-refractivity contribution in [1.29, 1.82) is 5.26 Å². The number of anilines is 1. The lowest BCUT2D eigenvalue weighted by Gasteiger charge is -2.35. The highest BCUT2D eigenvalue weighted by Crippen LogP contribution is 2.30. The van der Waals surface area contributed by atoms with E-state index in [0.29, 0.717) is 5.69 Å². The zero-order valence-corrected chi connectivity index (χ0v) is 15.6. The van der Waals surface area contributed by atoms with Gasteiger partial charge in [0.25, 0.3) is 0 Å². The van der Waals surface area contributed by atoms with Crippen LogP contribution in [0.25, 0.3) is 10.9 Å². The quantitative estimate of drug-likeness (QED) is 0.827. The maximum Gasteiger partial charge on any atom is 0.225 e. The van der Waals surface area contributed by atoms with E-state index in [-0.39, 0.29) is 11.8 Å². The number of rotatable bonds is 5. The van der Waals surface area contributed by atoms with Gasteiger partial charge >= 0.3 is 0 Å². The van der Waals surface area contributed by atoms with Crippen molar-refractivity contribution in [2.75, 3.05) is 31.6 Å². The van der Waals surface area contributed by atoms with E-state index in [1.54, 1.807) is 0 Å². The van der Waals surface area contributed by atoms with E-state index in [1.807, 2.05) is 36.2 Å². The summed E-state index contributed by atoms with van der Waals surface area (Å²) in [5.41, 5.74) is 2.34. The van der Waals surface area contributed by atoms with Gasteiger partial charge in [-0.25, -0.2) is 4.98 Å². The molecule has 0 spiro atoms. The molecule has 0 atom stereocenters. The summed E-state index contributed by atoms with van der Waals surface area (Å²) in [6.07, 6.45) is 3.87. The molecular formula is C21H26N4O. The second-order valence-electron chi connectivity index (χ2n) is 7.03. The molecule has 0 N–H and O–H groups in total. The zero-order chi connectivity index (χ0) is 18.5. The summed E-state index contributed by atoms with van der Waals surface area (Å²) >= 11 is 0. The standard InChI is InChI=1S/C21H26N4O/c1-3-4-11-24(2)21(26)16-9-12-25(13-10-16)20-14-17(15-22)23-19-8-6-5-7-18(19)20/h5-8,14,16H,3-4,9-13H2,1-2H3. The molecule has 0 bridgehead atoms. The molecule has 2 aromatic rings. The van der Waals surface area contributed by atoms with E-state index >= 15 is 0 Å². The average molecular weight is 350 g/mol. The summed E-state index contributed by atoms with van der Waals surface area (Å²) in [6, 6.07) is 12.0. The minimum absolute atomic E-state index is 0.108. The maximum absolute atomic E-state index is 12.6. The van der Waals surface area contributed by atoms with Gasteiger partial charge in [-0.15, -0.1) is 0 Å². The molecular weight excluding hydrogens is 324 g/mol. The number of carbonyl (C=O) groups is 1. The number of para-hydroxylation sites is 1. The van der Waals surface area contributed by atoms with Crippen LogP contribution in [0.2, 0.25) is 0 Å². The van der Waals surface area contributed by atoms with Crippen molar-refractivity contribution in [3.63, 3.8) is 0 Å². The molecule has 1 aromatic carbocycles. The van der Waals surface area contributed by atoms with Crippen LogP contribution in [0.1, 0.15) is 38.3 Å². The van der Waals surface area contributed by atoms with Crippen LogP contribution < -0.4 is 4.90 Å². The van der Waals surface area contributed by atoms with Crippen LogP contribution in [-0.2, 0) is 4.79 Å². The molecule has 1 aromatic heterocycles. The SMILES string of the molecule is CCCCN(C)C(=O)C1CCN(c2cc(C#N)nc3ccccc23)CC1. The van der Waals surface area contributed by atoms with E-state index in [4.69, 9.17) is 0 Å². The van der Waals surface area contributed by atoms with Crippen LogP contribution >= 0.6 is 0 Å². The monoisotopic (exact) mass is 350 g/mol. The number of carbonyl (C=O) groups excluding carboxylic acids is 1. The fourth-order valence-corrected chi connectivity index (χ4v) is 3.66. The predicted molar refractivity (Wildman–Crippen MR) is 104 cm³/mol. The number of benzene rings is 1. The number of nitriles is 1. The van der Waals surface area contributed by atoms with Gasteiger partial charge in [-0.3, -0.25) is 4.79 Å². The highest BCUT2D eigenvalue weighted by molar-refractivity contribution is 5.92. The summed E-state index contributed by atoms with van der Waals surface area (Å²) in [5, 5.41) is 10.4. The second kappa shape index (κ2) is 8.18. The minimum atomic E-state index is 0.108. The summed E-state index contributed by atoms with van der Waals surface area (Å²) in [5.74, 6) is 0.382. The van der Waals surface area contributed by atoms with Crippen LogP contribution in [0.3, 0.4) is 0 Å². The smallest absolute Gasteiger partial charge is 0.225 e. The molecule has 0 saturated carbocycles. The van der Waals surface area contributed by atoms with Gasteiger partial charge in [-0.2, -0.15) is 5.26 Å². The molecule has 5 nitrogen and oxygen atoms in total. The molecule has 1 aliphatic heterocycles. The number of hydrogen-bond donors (Lipinski definition) is 0. The van der Waals surface area contributed by atoms with E-state index in [0.717, 1.165) is 61.9 Å². The average Bonchev–Trinajstić information content (AvgIpc) is 2.70. The Morgan fingerprint density at radius 2 is 2.08 bits per heavy atom. The highest BCUT2D eigenvalue weighted by Gasteiger charge is 2.28. The van der Waals surface area contributed by atoms with Gasteiger partial charge in [0.1, 0.15) is 11.8 Å². The van der Waals surface area contributed by atoms with Crippen LogP contribution in [-0.4, -0.2) is 42.5 Å². The first-order valence-electron chi connectivity index (χ1n) is 9.44. The van der Waals surface area contributed by atoms with Gasteiger partial charge in [0.2, 0.25) is 5.91 Å². The van der Waals surface area contributed by atoms with Gasteiger partial charge < -0.3 is 9.80 Å². The minimum Gasteiger partial charge on any atom is -0.371 e. The zero-order valence-electron chi connectivity index (χ0n) is 15.6. The third-order valence-electron chi connectivity index (χ3n) is 5.22. The Bertz CT molecular complexity index is 818. The molecule has 1 fully saturated rings. The molecule has 26 heavy (non-hydrogen) atoms. The molecule has 1 aliphatic rings. The lowest BCUT2D eigenvalue weighted by molar-refractivity contribution is -0.134. The molecule has 1 saturated heterocycles. The van der Waals surface area contributed by atoms with Crippen molar-refractivity contribution >= 4 is 22.5 Å². The van der Waals surface area contributed by atoms with Crippen molar-refractivity contribution in [2.24, 2.45) is 5.92 Å². The maximum atomic E-state index is 12.6. The Morgan fingerprint density at radius 3 is 2.77 bits per heavy atom. The Kier molecular flexibility index (Phi) is 5.72. The van der Waals surface area contributed by atoms with E-state index in [2.05, 4.69) is 28.9 Å². The van der Waals surface area contributed by atoms with E-state index in [9.17, 15) is 10.1 Å². The van der Waals surface area contributed by atoms with Crippen LogP contribution in [0, 0.1) is 17.2 Å². The number of piperidine rings is 1. The number of pyridine rings is 1. The number of fused-ring (bicyclic) bond motifs is 1. The Balaban J connectivity index is 1.73. The number of unbranched alkanes of at least 4 members (excludes halogenated alkanes) is 1. The van der Waals surface area contributed by atoms with Crippen LogP contribution in [0.15, 0.2) is 30.3 Å². The van der Waals surface area contributed by atoms with Crippen LogP contribution in [0.5, 0.6) is 0 Å². The second-order valence-corrected chi connectivity index (χ2v) is 7.03. The molecule has 0 aliphatic carbocycles. The van der Waals surface area contributed by atoms with Crippen molar-refractivity contribution < 1.29 is 4.79 Å². The summed E-state index contributed by atoms with van der Waals surface area (Å²) in [6.45, 7) is 4.65. The van der Waals surface area contributed by atoms with Gasteiger partial charge in [-0.05, 0) is 31.4 Å². The summed E-state index contributed by atoms with van der Waals surface area (Å²) < 4.78 is 0. The fourth-order valence-electron chi connectivity index (χ4n) is 3.66. The van der Waals surface area contributed by atoms with Gasteiger partial charge in [0.05, 0.1) is 5.52 Å². The molecule has 2 heterocycles. The van der Waals surface area contributed by atoms with E-state index in [1.165, 1.54) is 0 Å². The number of nitrogens with zero attached hydrogens (tertiary/aromatic N) is 4. The molecule has 136 valence electrons. The highest BCUT2D eigenvalue weighted by atomic mass is 16.2. The largest absolute Gasteiger partial charge is 0.371 e. The molecule has 0 unspecified atom stereocenters. The summed E-state index contributed by atoms with van der Waals surface area (Å²) in [4.78, 5) is 21.2. The Hall–Kier alpha value is -2.61. The first-order chi connectivity index (χ1) is 12.6. The van der Waals surface area contributed by atoms with E-state index < -0.39 is 0 Å². The first kappa shape index (κ1) is 18.2. The molecule has 5 heteroatoms. The first-order valence-corrected chi connectivity index (χ1v) is 9.44. The lowest BCUT2D eigenvalue weighted by Crippen LogP contribution is -2.41. The predicted octanol–water partition coefficient (Wildman–Crippen LogP) is 3.58. The number of hydrogen-bond acceptors (Lipinski definition) is 4. The number of aromatic nitrogens is 1. The lowest BCUT2D eigenvalue weighted by atomic mass is 9.94. The third-order valence-corrected chi connectivity index (χ3v) is 5.22. The van der Waals surface area contributed by atoms with Crippen molar-refractivity contribution in [3.05, 3.63) is 36.0 Å². The Morgan fingerprint density at radius 1 is 1.35 bits per heavy atom. The van der Waals surface area contributed by atoms with Crippen molar-refractivity contribution in [3.8, 4) is 6.07 Å². The topological polar surface area (TPSA) is 60.2 Å². The molecule has 3 rings (SSSR count). The summed E-state index contributed by atoms with van der Waals surface area (Å²) in [7, 11) is 1.92. The molecule has 0 radical (unpaired) electrons. The Labute approximate surface area is 155 Å². The molecule has 1 amide bonds. The fraction of sp³-hybridized carbons (Fsp3) is 0.476.